The smallest absolute Gasteiger partial charge is 0.254 e. The highest BCUT2D eigenvalue weighted by molar-refractivity contribution is 7.71. The number of carbonyl (C=O) groups excluding carboxylic acids is 1. The lowest BCUT2D eigenvalue weighted by molar-refractivity contribution is 0.0946. The van der Waals surface area contributed by atoms with Crippen LogP contribution in [0.25, 0.3) is 0 Å². The van der Waals surface area contributed by atoms with Crippen LogP contribution in [0.3, 0.4) is 0 Å². The third-order valence-corrected chi connectivity index (χ3v) is 3.60. The number of hydrogen-bond acceptors (Lipinski definition) is 3. The molecule has 4 nitrogen and oxygen atoms in total. The number of pyridine rings is 1. The number of nitrogens with one attached hydrogen (secondary N) is 2. The number of ether oxygens (including phenoxy) is 1. The summed E-state index contributed by atoms with van der Waals surface area (Å²) in [6, 6.07) is 11.5. The van der Waals surface area contributed by atoms with Crippen molar-refractivity contribution >= 4 is 18.1 Å². The monoisotopic (exact) mass is 316 g/mol. The van der Waals surface area contributed by atoms with Crippen LogP contribution in [0.5, 0.6) is 5.75 Å². The second-order valence-electron chi connectivity index (χ2n) is 5.24. The Balaban J connectivity index is 1.78. The average Bonchev–Trinajstić information content (AvgIpc) is 2.52. The third-order valence-electron chi connectivity index (χ3n) is 3.27. The van der Waals surface area contributed by atoms with Crippen molar-refractivity contribution in [3.63, 3.8) is 0 Å². The Hall–Kier alpha value is -2.14. The molecule has 1 heterocycles. The number of aromatic nitrogens is 1. The first-order valence-corrected chi connectivity index (χ1v) is 7.67. The Morgan fingerprint density at radius 1 is 1.27 bits per heavy atom. The number of H-pyrrole nitrogens is 1. The standard InChI is InChI=1S/C17H20N2O2S/c1-12(2)13-5-7-14(8-6-13)21-11-10-18-16(20)15-4-3-9-19-17(15)22/h3-9,12H,10-11H2,1-2H3,(H,18,20)(H,19,22). The molecule has 22 heavy (non-hydrogen) atoms. The van der Waals surface area contributed by atoms with Crippen LogP contribution in [0.4, 0.5) is 0 Å². The lowest BCUT2D eigenvalue weighted by Gasteiger charge is -2.09. The summed E-state index contributed by atoms with van der Waals surface area (Å²) in [6.07, 6.45) is 1.70. The summed E-state index contributed by atoms with van der Waals surface area (Å²) in [5.41, 5.74) is 1.75. The molecule has 0 saturated heterocycles. The van der Waals surface area contributed by atoms with E-state index in [9.17, 15) is 4.79 Å². The molecule has 0 spiro atoms. The lowest BCUT2D eigenvalue weighted by Crippen LogP contribution is -2.28. The average molecular weight is 316 g/mol. The molecular formula is C17H20N2O2S. The molecule has 0 saturated carbocycles. The quantitative estimate of drug-likeness (QED) is 0.631. The molecule has 5 heteroatoms. The molecule has 2 N–H and O–H groups in total. The molecule has 2 rings (SSSR count). The second-order valence-corrected chi connectivity index (χ2v) is 5.65. The van der Waals surface area contributed by atoms with Gasteiger partial charge in [-0.2, -0.15) is 0 Å². The molecule has 0 aliphatic carbocycles. The predicted octanol–water partition coefficient (Wildman–Crippen LogP) is 3.68. The van der Waals surface area contributed by atoms with Crippen LogP contribution in [0.1, 0.15) is 35.7 Å². The summed E-state index contributed by atoms with van der Waals surface area (Å²) >= 11 is 5.07. The van der Waals surface area contributed by atoms with E-state index in [1.165, 1.54) is 5.56 Å². The molecular weight excluding hydrogens is 296 g/mol. The zero-order valence-corrected chi connectivity index (χ0v) is 13.6. The van der Waals surface area contributed by atoms with Crippen LogP contribution in [0.2, 0.25) is 0 Å². The van der Waals surface area contributed by atoms with Gasteiger partial charge in [0.2, 0.25) is 0 Å². The Bertz CT molecular complexity index is 678. The van der Waals surface area contributed by atoms with Gasteiger partial charge < -0.3 is 15.0 Å². The summed E-state index contributed by atoms with van der Waals surface area (Å²) in [7, 11) is 0. The summed E-state index contributed by atoms with van der Waals surface area (Å²) in [6.45, 7) is 5.14. The van der Waals surface area contributed by atoms with Crippen molar-refractivity contribution in [3.8, 4) is 5.75 Å². The van der Waals surface area contributed by atoms with E-state index in [1.807, 2.05) is 12.1 Å². The number of hydrogen-bond donors (Lipinski definition) is 2. The molecule has 0 fully saturated rings. The zero-order chi connectivity index (χ0) is 15.9. The Morgan fingerprint density at radius 3 is 2.64 bits per heavy atom. The van der Waals surface area contributed by atoms with E-state index >= 15 is 0 Å². The van der Waals surface area contributed by atoms with E-state index in [0.717, 1.165) is 5.75 Å². The number of aromatic amines is 1. The van der Waals surface area contributed by atoms with Crippen LogP contribution in [-0.4, -0.2) is 24.0 Å². The maximum Gasteiger partial charge on any atom is 0.254 e. The van der Waals surface area contributed by atoms with Gasteiger partial charge in [-0.3, -0.25) is 4.79 Å². The maximum atomic E-state index is 11.9. The minimum Gasteiger partial charge on any atom is -0.492 e. The van der Waals surface area contributed by atoms with Crippen molar-refractivity contribution < 1.29 is 9.53 Å². The van der Waals surface area contributed by atoms with Gasteiger partial charge in [0.05, 0.1) is 12.1 Å². The molecule has 0 radical (unpaired) electrons. The van der Waals surface area contributed by atoms with Crippen LogP contribution in [0, 0.1) is 4.64 Å². The number of amides is 1. The van der Waals surface area contributed by atoms with E-state index in [2.05, 4.69) is 36.3 Å². The third kappa shape index (κ3) is 4.43. The van der Waals surface area contributed by atoms with Crippen molar-refractivity contribution in [2.24, 2.45) is 0 Å². The molecule has 0 bridgehead atoms. The Morgan fingerprint density at radius 2 is 2.00 bits per heavy atom. The first-order valence-electron chi connectivity index (χ1n) is 7.26. The maximum absolute atomic E-state index is 11.9. The minimum atomic E-state index is -0.194. The van der Waals surface area contributed by atoms with Crippen molar-refractivity contribution in [2.75, 3.05) is 13.2 Å². The summed E-state index contributed by atoms with van der Waals surface area (Å²) < 4.78 is 6.04. The molecule has 2 aromatic rings. The summed E-state index contributed by atoms with van der Waals surface area (Å²) in [5.74, 6) is 1.11. The topological polar surface area (TPSA) is 54.1 Å². The zero-order valence-electron chi connectivity index (χ0n) is 12.8. The van der Waals surface area contributed by atoms with Gasteiger partial charge in [0, 0.05) is 6.20 Å². The summed E-state index contributed by atoms with van der Waals surface area (Å²) in [4.78, 5) is 14.8. The van der Waals surface area contributed by atoms with Gasteiger partial charge in [-0.1, -0.05) is 38.2 Å². The molecule has 0 unspecified atom stereocenters. The lowest BCUT2D eigenvalue weighted by atomic mass is 10.0. The van der Waals surface area contributed by atoms with E-state index in [1.54, 1.807) is 18.3 Å². The van der Waals surface area contributed by atoms with Gasteiger partial charge in [-0.25, -0.2) is 0 Å². The normalized spacial score (nSPS) is 10.5. The highest BCUT2D eigenvalue weighted by atomic mass is 32.1. The first kappa shape index (κ1) is 16.2. The van der Waals surface area contributed by atoms with Gasteiger partial charge in [0.1, 0.15) is 17.0 Å². The largest absolute Gasteiger partial charge is 0.492 e. The molecule has 0 aliphatic heterocycles. The van der Waals surface area contributed by atoms with Crippen molar-refractivity contribution in [3.05, 3.63) is 58.4 Å². The van der Waals surface area contributed by atoms with Crippen molar-refractivity contribution in [1.29, 1.82) is 0 Å². The van der Waals surface area contributed by atoms with Crippen LogP contribution >= 0.6 is 12.2 Å². The van der Waals surface area contributed by atoms with Crippen molar-refractivity contribution in [2.45, 2.75) is 19.8 Å². The number of rotatable bonds is 6. The molecule has 1 amide bonds. The predicted molar refractivity (Wildman–Crippen MR) is 90.0 cm³/mol. The van der Waals surface area contributed by atoms with Crippen LogP contribution in [0.15, 0.2) is 42.6 Å². The number of carbonyl (C=O) groups is 1. The minimum absolute atomic E-state index is 0.194. The highest BCUT2D eigenvalue weighted by Crippen LogP contribution is 2.18. The SMILES string of the molecule is CC(C)c1ccc(OCCNC(=O)c2ccc[nH]c2=S)cc1. The van der Waals surface area contributed by atoms with E-state index in [4.69, 9.17) is 17.0 Å². The van der Waals surface area contributed by atoms with Gasteiger partial charge >= 0.3 is 0 Å². The van der Waals surface area contributed by atoms with Crippen LogP contribution < -0.4 is 10.1 Å². The molecule has 1 aromatic carbocycles. The first-order chi connectivity index (χ1) is 10.6. The Labute approximate surface area is 135 Å². The molecule has 0 aliphatic rings. The molecule has 0 atom stereocenters. The second kappa shape index (κ2) is 7.75. The molecule has 1 aromatic heterocycles. The van der Waals surface area contributed by atoms with Crippen LogP contribution in [-0.2, 0) is 0 Å². The highest BCUT2D eigenvalue weighted by Gasteiger charge is 2.06. The van der Waals surface area contributed by atoms with Gasteiger partial charge in [-0.15, -0.1) is 0 Å². The van der Waals surface area contributed by atoms with E-state index in [0.29, 0.717) is 29.3 Å². The number of benzene rings is 1. The fourth-order valence-corrected chi connectivity index (χ4v) is 2.21. The summed E-state index contributed by atoms with van der Waals surface area (Å²) in [5, 5.41) is 2.79. The fourth-order valence-electron chi connectivity index (χ4n) is 1.98. The van der Waals surface area contributed by atoms with E-state index < -0.39 is 0 Å². The van der Waals surface area contributed by atoms with Gasteiger partial charge in [-0.05, 0) is 35.7 Å². The Kier molecular flexibility index (Phi) is 5.72. The fraction of sp³-hybridized carbons (Fsp3) is 0.294. The van der Waals surface area contributed by atoms with Crippen molar-refractivity contribution in [1.82, 2.24) is 10.3 Å². The molecule has 116 valence electrons. The van der Waals surface area contributed by atoms with E-state index in [-0.39, 0.29) is 5.91 Å². The van der Waals surface area contributed by atoms with Gasteiger partial charge in [0.25, 0.3) is 5.91 Å². The van der Waals surface area contributed by atoms with Gasteiger partial charge in [0.15, 0.2) is 0 Å².